The quantitative estimate of drug-likeness (QED) is 0.601. The van der Waals surface area contributed by atoms with Gasteiger partial charge in [-0.05, 0) is 0 Å². The molecule has 0 amide bonds. The standard InChI is InChI=1S/C10H11NO2/c1-11(2)4-3-7-5-9(12)10(13)6-8(7)11/h3-6H,1-2H3,(H-,12,13). The van der Waals surface area contributed by atoms with Crippen LogP contribution in [0.15, 0.2) is 18.3 Å². The highest BCUT2D eigenvalue weighted by molar-refractivity contribution is 5.75. The number of phenolic OH excluding ortho intramolecular Hbond substituents is 1. The van der Waals surface area contributed by atoms with Crippen molar-refractivity contribution in [3.05, 3.63) is 23.9 Å². The SMILES string of the molecule is C[N+]1(C)C=Cc2cc([O-])c(O)cc21. The smallest absolute Gasteiger partial charge is 0.148 e. The maximum Gasteiger partial charge on any atom is 0.148 e. The van der Waals surface area contributed by atoms with E-state index in [0.717, 1.165) is 11.3 Å². The van der Waals surface area contributed by atoms with Crippen LogP contribution >= 0.6 is 0 Å². The molecule has 3 heteroatoms. The Bertz CT molecular complexity index is 394. The molecule has 0 atom stereocenters. The molecule has 0 fully saturated rings. The summed E-state index contributed by atoms with van der Waals surface area (Å²) >= 11 is 0. The highest BCUT2D eigenvalue weighted by Crippen LogP contribution is 2.38. The molecule has 13 heavy (non-hydrogen) atoms. The molecule has 3 nitrogen and oxygen atoms in total. The molecule has 1 aliphatic heterocycles. The lowest BCUT2D eigenvalue weighted by Crippen LogP contribution is -2.31. The zero-order valence-electron chi connectivity index (χ0n) is 7.61. The Morgan fingerprint density at radius 2 is 2.00 bits per heavy atom. The Morgan fingerprint density at radius 3 is 2.69 bits per heavy atom. The number of phenols is 1. The Labute approximate surface area is 76.8 Å². The van der Waals surface area contributed by atoms with Crippen molar-refractivity contribution in [2.24, 2.45) is 0 Å². The van der Waals surface area contributed by atoms with Gasteiger partial charge in [0.25, 0.3) is 0 Å². The van der Waals surface area contributed by atoms with E-state index in [4.69, 9.17) is 0 Å². The highest BCUT2D eigenvalue weighted by atomic mass is 16.3. The van der Waals surface area contributed by atoms with E-state index in [1.807, 2.05) is 26.4 Å². The topological polar surface area (TPSA) is 43.3 Å². The van der Waals surface area contributed by atoms with Crippen molar-refractivity contribution in [1.82, 2.24) is 4.48 Å². The highest BCUT2D eigenvalue weighted by Gasteiger charge is 2.25. The first-order chi connectivity index (χ1) is 6.00. The van der Waals surface area contributed by atoms with Gasteiger partial charge in [-0.3, -0.25) is 4.48 Å². The fraction of sp³-hybridized carbons (Fsp3) is 0.200. The summed E-state index contributed by atoms with van der Waals surface area (Å²) < 4.78 is 0.573. The van der Waals surface area contributed by atoms with Gasteiger partial charge in [-0.2, -0.15) is 0 Å². The molecule has 1 aliphatic rings. The zero-order valence-corrected chi connectivity index (χ0v) is 7.61. The average Bonchev–Trinajstić information content (AvgIpc) is 2.31. The van der Waals surface area contributed by atoms with Crippen molar-refractivity contribution in [3.63, 3.8) is 0 Å². The first kappa shape index (κ1) is 8.13. The zero-order chi connectivity index (χ0) is 9.64. The van der Waals surface area contributed by atoms with Crippen molar-refractivity contribution < 1.29 is 10.2 Å². The lowest BCUT2D eigenvalue weighted by molar-refractivity contribution is -0.270. The fourth-order valence-electron chi connectivity index (χ4n) is 1.55. The van der Waals surface area contributed by atoms with Crippen LogP contribution in [-0.2, 0) is 0 Å². The van der Waals surface area contributed by atoms with Crippen molar-refractivity contribution >= 4 is 11.8 Å². The third-order valence-electron chi connectivity index (χ3n) is 2.36. The van der Waals surface area contributed by atoms with Crippen LogP contribution in [0.25, 0.3) is 6.08 Å². The summed E-state index contributed by atoms with van der Waals surface area (Å²) in [6, 6.07) is 3.01. The van der Waals surface area contributed by atoms with E-state index in [9.17, 15) is 10.2 Å². The lowest BCUT2D eigenvalue weighted by Gasteiger charge is -2.22. The summed E-state index contributed by atoms with van der Waals surface area (Å²) in [6.45, 7) is 0. The van der Waals surface area contributed by atoms with E-state index in [2.05, 4.69) is 0 Å². The Kier molecular flexibility index (Phi) is 1.42. The molecule has 0 bridgehead atoms. The van der Waals surface area contributed by atoms with Gasteiger partial charge in [-0.25, -0.2) is 0 Å². The number of quaternary nitrogens is 1. The first-order valence-corrected chi connectivity index (χ1v) is 4.08. The molecular formula is C10H11NO2. The third-order valence-corrected chi connectivity index (χ3v) is 2.36. The van der Waals surface area contributed by atoms with Gasteiger partial charge in [0.1, 0.15) is 17.6 Å². The van der Waals surface area contributed by atoms with Crippen LogP contribution in [0.4, 0.5) is 5.69 Å². The number of nitrogens with zero attached hydrogens (tertiary/aromatic N) is 1. The van der Waals surface area contributed by atoms with E-state index < -0.39 is 0 Å². The summed E-state index contributed by atoms with van der Waals surface area (Å²) in [5, 5.41) is 20.4. The van der Waals surface area contributed by atoms with E-state index in [1.165, 1.54) is 12.1 Å². The van der Waals surface area contributed by atoms with E-state index >= 15 is 0 Å². The minimum atomic E-state index is -0.315. The Morgan fingerprint density at radius 1 is 1.31 bits per heavy atom. The van der Waals surface area contributed by atoms with Gasteiger partial charge in [0, 0.05) is 17.7 Å². The van der Waals surface area contributed by atoms with Crippen LogP contribution in [0.3, 0.4) is 0 Å². The molecule has 1 heterocycles. The molecule has 0 aliphatic carbocycles. The second-order valence-corrected chi connectivity index (χ2v) is 3.73. The number of benzene rings is 1. The second-order valence-electron chi connectivity index (χ2n) is 3.73. The lowest BCUT2D eigenvalue weighted by atomic mass is 10.1. The molecule has 0 spiro atoms. The monoisotopic (exact) mass is 177 g/mol. The maximum atomic E-state index is 11.1. The van der Waals surface area contributed by atoms with Crippen molar-refractivity contribution in [3.8, 4) is 11.5 Å². The number of aromatic hydroxyl groups is 1. The summed E-state index contributed by atoms with van der Waals surface area (Å²) in [6.07, 6.45) is 3.87. The number of fused-ring (bicyclic) bond motifs is 1. The first-order valence-electron chi connectivity index (χ1n) is 4.08. The predicted octanol–water partition coefficient (Wildman–Crippen LogP) is 1.02. The average molecular weight is 177 g/mol. The number of hydrogen-bond donors (Lipinski definition) is 1. The molecule has 0 aromatic heterocycles. The molecule has 0 unspecified atom stereocenters. The van der Waals surface area contributed by atoms with Crippen LogP contribution in [0.1, 0.15) is 5.56 Å². The van der Waals surface area contributed by atoms with Crippen molar-refractivity contribution in [1.29, 1.82) is 0 Å². The van der Waals surface area contributed by atoms with Crippen LogP contribution in [0.2, 0.25) is 0 Å². The number of hydrogen-bond acceptors (Lipinski definition) is 2. The van der Waals surface area contributed by atoms with Crippen molar-refractivity contribution in [2.45, 2.75) is 0 Å². The minimum absolute atomic E-state index is 0.173. The van der Waals surface area contributed by atoms with Gasteiger partial charge in [0.05, 0.1) is 14.1 Å². The Balaban J connectivity index is 2.66. The van der Waals surface area contributed by atoms with Crippen LogP contribution in [-0.4, -0.2) is 19.2 Å². The van der Waals surface area contributed by atoms with Crippen LogP contribution in [0.5, 0.6) is 11.5 Å². The molecule has 68 valence electrons. The minimum Gasteiger partial charge on any atom is -0.870 e. The summed E-state index contributed by atoms with van der Waals surface area (Å²) in [4.78, 5) is 0. The Hall–Kier alpha value is -1.48. The van der Waals surface area contributed by atoms with Gasteiger partial charge in [-0.15, -0.1) is 0 Å². The van der Waals surface area contributed by atoms with Gasteiger partial charge < -0.3 is 10.2 Å². The van der Waals surface area contributed by atoms with E-state index in [1.54, 1.807) is 0 Å². The predicted molar refractivity (Wildman–Crippen MR) is 50.2 cm³/mol. The molecule has 0 saturated heterocycles. The van der Waals surface area contributed by atoms with E-state index in [0.29, 0.717) is 4.48 Å². The maximum absolute atomic E-state index is 11.1. The number of rotatable bonds is 0. The van der Waals surface area contributed by atoms with Gasteiger partial charge in [-0.1, -0.05) is 11.8 Å². The second kappa shape index (κ2) is 2.26. The van der Waals surface area contributed by atoms with Crippen LogP contribution < -0.4 is 9.59 Å². The van der Waals surface area contributed by atoms with Gasteiger partial charge in [0.15, 0.2) is 0 Å². The molecule has 1 aromatic rings. The third kappa shape index (κ3) is 1.09. The van der Waals surface area contributed by atoms with Gasteiger partial charge >= 0.3 is 0 Å². The summed E-state index contributed by atoms with van der Waals surface area (Å²) in [5.74, 6) is -0.487. The largest absolute Gasteiger partial charge is 0.870 e. The normalized spacial score (nSPS) is 17.4. The van der Waals surface area contributed by atoms with Crippen LogP contribution in [0, 0.1) is 0 Å². The fourth-order valence-corrected chi connectivity index (χ4v) is 1.55. The summed E-state index contributed by atoms with van der Waals surface area (Å²) in [5.41, 5.74) is 1.85. The molecule has 2 rings (SSSR count). The van der Waals surface area contributed by atoms with E-state index in [-0.39, 0.29) is 11.5 Å². The summed E-state index contributed by atoms with van der Waals surface area (Å²) in [7, 11) is 3.98. The molecular weight excluding hydrogens is 166 g/mol. The molecule has 1 N–H and O–H groups in total. The van der Waals surface area contributed by atoms with Crippen molar-refractivity contribution in [2.75, 3.05) is 14.1 Å². The molecule has 0 radical (unpaired) electrons. The molecule has 1 aromatic carbocycles. The van der Waals surface area contributed by atoms with Gasteiger partial charge in [0.2, 0.25) is 0 Å². The molecule has 0 saturated carbocycles.